The van der Waals surface area contributed by atoms with Crippen LogP contribution in [0.25, 0.3) is 0 Å². The summed E-state index contributed by atoms with van der Waals surface area (Å²) in [7, 11) is 2.06. The fourth-order valence-electron chi connectivity index (χ4n) is 3.68. The molecule has 0 amide bonds. The minimum absolute atomic E-state index is 0.203. The quantitative estimate of drug-likeness (QED) is 0.859. The van der Waals surface area contributed by atoms with Crippen molar-refractivity contribution in [3.05, 3.63) is 29.8 Å². The Hall–Kier alpha value is -1.02. The van der Waals surface area contributed by atoms with E-state index in [0.29, 0.717) is 22.8 Å². The minimum atomic E-state index is 0.203. The molecule has 1 N–H and O–H groups in total. The minimum Gasteiger partial charge on any atom is -0.491 e. The molecule has 0 bridgehead atoms. The Morgan fingerprint density at radius 1 is 1.05 bits per heavy atom. The number of nitrogens with one attached hydrogen (secondary N) is 1. The lowest BCUT2D eigenvalue weighted by Crippen LogP contribution is -2.23. The van der Waals surface area contributed by atoms with Gasteiger partial charge in [-0.25, -0.2) is 0 Å². The Kier molecular flexibility index (Phi) is 3.90. The zero-order valence-electron chi connectivity index (χ0n) is 13.9. The van der Waals surface area contributed by atoms with Gasteiger partial charge in [-0.15, -0.1) is 0 Å². The van der Waals surface area contributed by atoms with E-state index in [1.54, 1.807) is 0 Å². The lowest BCUT2D eigenvalue weighted by atomic mass is 9.96. The summed E-state index contributed by atoms with van der Waals surface area (Å²) in [4.78, 5) is 0. The highest BCUT2D eigenvalue weighted by Gasteiger charge is 2.67. The van der Waals surface area contributed by atoms with Gasteiger partial charge in [0, 0.05) is 11.6 Å². The maximum Gasteiger partial charge on any atom is 0.124 e. The molecular weight excluding hydrogens is 246 g/mol. The Morgan fingerprint density at radius 3 is 2.05 bits per heavy atom. The van der Waals surface area contributed by atoms with Crippen LogP contribution in [-0.4, -0.2) is 13.2 Å². The zero-order chi connectivity index (χ0) is 15.1. The van der Waals surface area contributed by atoms with Gasteiger partial charge < -0.3 is 10.1 Å². The summed E-state index contributed by atoms with van der Waals surface area (Å²) >= 11 is 0. The first kappa shape index (κ1) is 15.4. The molecule has 1 aromatic rings. The average Bonchev–Trinajstić information content (AvgIpc) is 2.74. The summed E-state index contributed by atoms with van der Waals surface area (Å²) in [5.74, 6) is 1.64. The molecule has 0 radical (unpaired) electrons. The van der Waals surface area contributed by atoms with Gasteiger partial charge >= 0.3 is 0 Å². The normalized spacial score (nSPS) is 21.8. The van der Waals surface area contributed by atoms with Gasteiger partial charge in [0.2, 0.25) is 0 Å². The van der Waals surface area contributed by atoms with E-state index < -0.39 is 0 Å². The number of hydrogen-bond acceptors (Lipinski definition) is 2. The smallest absolute Gasteiger partial charge is 0.124 e. The highest BCUT2D eigenvalue weighted by Crippen LogP contribution is 2.72. The van der Waals surface area contributed by atoms with E-state index in [4.69, 9.17) is 4.74 Å². The highest BCUT2D eigenvalue weighted by atomic mass is 16.5. The Balaban J connectivity index is 2.35. The van der Waals surface area contributed by atoms with E-state index in [-0.39, 0.29) is 6.10 Å². The summed E-state index contributed by atoms with van der Waals surface area (Å²) in [6, 6.07) is 8.78. The molecule has 1 unspecified atom stereocenters. The summed E-state index contributed by atoms with van der Waals surface area (Å²) in [5.41, 5.74) is 1.99. The average molecular weight is 275 g/mol. The maximum atomic E-state index is 6.00. The van der Waals surface area contributed by atoms with Crippen molar-refractivity contribution in [1.29, 1.82) is 0 Å². The van der Waals surface area contributed by atoms with Gasteiger partial charge in [-0.2, -0.15) is 0 Å². The fourth-order valence-corrected chi connectivity index (χ4v) is 3.68. The first-order valence-electron chi connectivity index (χ1n) is 7.66. The number of ether oxygens (including phenoxy) is 1. The molecule has 0 aliphatic heterocycles. The Morgan fingerprint density at radius 2 is 1.60 bits per heavy atom. The summed E-state index contributed by atoms with van der Waals surface area (Å²) in [5, 5.41) is 3.53. The Bertz CT molecular complexity index is 462. The van der Waals surface area contributed by atoms with Crippen LogP contribution in [0.5, 0.6) is 5.75 Å². The second-order valence-electron chi connectivity index (χ2n) is 7.39. The standard InChI is InChI=1S/C18H29NO/c1-12(2)20-14-11-9-8-10-13(14)15(19-7)16-17(3,4)18(16,5)6/h8-12,15-16,19H,1-7H3. The molecule has 0 heterocycles. The van der Waals surface area contributed by atoms with Gasteiger partial charge in [0.05, 0.1) is 6.10 Å². The van der Waals surface area contributed by atoms with E-state index >= 15 is 0 Å². The van der Waals surface area contributed by atoms with Gasteiger partial charge in [-0.05, 0) is 43.7 Å². The first-order valence-corrected chi connectivity index (χ1v) is 7.66. The summed E-state index contributed by atoms with van der Waals surface area (Å²) in [6.45, 7) is 13.6. The van der Waals surface area contributed by atoms with Crippen LogP contribution in [-0.2, 0) is 0 Å². The largest absolute Gasteiger partial charge is 0.491 e. The highest BCUT2D eigenvalue weighted by molar-refractivity contribution is 5.39. The molecule has 1 saturated carbocycles. The molecule has 1 atom stereocenters. The second-order valence-corrected chi connectivity index (χ2v) is 7.39. The fraction of sp³-hybridized carbons (Fsp3) is 0.667. The van der Waals surface area contributed by atoms with Crippen LogP contribution in [0.4, 0.5) is 0 Å². The summed E-state index contributed by atoms with van der Waals surface area (Å²) < 4.78 is 6.00. The van der Waals surface area contributed by atoms with Crippen molar-refractivity contribution in [2.75, 3.05) is 7.05 Å². The maximum absolute atomic E-state index is 6.00. The van der Waals surface area contributed by atoms with Gasteiger partial charge in [-0.1, -0.05) is 45.9 Å². The third kappa shape index (κ3) is 2.35. The van der Waals surface area contributed by atoms with Crippen LogP contribution in [0.15, 0.2) is 24.3 Å². The number of hydrogen-bond donors (Lipinski definition) is 1. The molecule has 0 saturated heterocycles. The molecular formula is C18H29NO. The first-order chi connectivity index (χ1) is 9.23. The summed E-state index contributed by atoms with van der Waals surface area (Å²) in [6.07, 6.45) is 0.203. The molecule has 0 aromatic heterocycles. The van der Waals surface area contributed by atoms with E-state index in [2.05, 4.69) is 78.2 Å². The lowest BCUT2D eigenvalue weighted by molar-refractivity contribution is 0.236. The molecule has 2 heteroatoms. The van der Waals surface area contributed by atoms with Crippen molar-refractivity contribution < 1.29 is 4.74 Å². The molecule has 20 heavy (non-hydrogen) atoms. The molecule has 1 aromatic carbocycles. The van der Waals surface area contributed by atoms with Crippen molar-refractivity contribution in [1.82, 2.24) is 5.32 Å². The third-order valence-corrected chi connectivity index (χ3v) is 5.39. The van der Waals surface area contributed by atoms with Gasteiger partial charge in [0.25, 0.3) is 0 Å². The van der Waals surface area contributed by atoms with Crippen LogP contribution >= 0.6 is 0 Å². The van der Waals surface area contributed by atoms with Crippen LogP contribution in [0.1, 0.15) is 53.1 Å². The van der Waals surface area contributed by atoms with Gasteiger partial charge in [-0.3, -0.25) is 0 Å². The molecule has 0 spiro atoms. The lowest BCUT2D eigenvalue weighted by Gasteiger charge is -2.23. The number of rotatable bonds is 5. The van der Waals surface area contributed by atoms with E-state index in [0.717, 1.165) is 5.75 Å². The van der Waals surface area contributed by atoms with E-state index in [1.807, 2.05) is 0 Å². The molecule has 2 nitrogen and oxygen atoms in total. The molecule has 1 aliphatic rings. The van der Waals surface area contributed by atoms with Gasteiger partial charge in [0.1, 0.15) is 5.75 Å². The van der Waals surface area contributed by atoms with Crippen molar-refractivity contribution >= 4 is 0 Å². The van der Waals surface area contributed by atoms with Crippen molar-refractivity contribution in [2.24, 2.45) is 16.7 Å². The van der Waals surface area contributed by atoms with Crippen molar-refractivity contribution in [3.8, 4) is 5.75 Å². The predicted molar refractivity (Wildman–Crippen MR) is 85.1 cm³/mol. The number of benzene rings is 1. The third-order valence-electron chi connectivity index (χ3n) is 5.39. The second kappa shape index (κ2) is 5.07. The molecule has 2 rings (SSSR count). The predicted octanol–water partition coefficient (Wildman–Crippen LogP) is 4.42. The SMILES string of the molecule is CNC(c1ccccc1OC(C)C)C1C(C)(C)C1(C)C. The van der Waals surface area contributed by atoms with E-state index in [9.17, 15) is 0 Å². The van der Waals surface area contributed by atoms with Crippen LogP contribution in [0, 0.1) is 16.7 Å². The van der Waals surface area contributed by atoms with E-state index in [1.165, 1.54) is 5.56 Å². The Labute approximate surface area is 123 Å². The van der Waals surface area contributed by atoms with Crippen molar-refractivity contribution in [3.63, 3.8) is 0 Å². The molecule has 1 fully saturated rings. The van der Waals surface area contributed by atoms with Crippen LogP contribution < -0.4 is 10.1 Å². The monoisotopic (exact) mass is 275 g/mol. The molecule has 1 aliphatic carbocycles. The van der Waals surface area contributed by atoms with Crippen LogP contribution in [0.3, 0.4) is 0 Å². The van der Waals surface area contributed by atoms with Crippen LogP contribution in [0.2, 0.25) is 0 Å². The number of para-hydroxylation sites is 1. The van der Waals surface area contributed by atoms with Crippen molar-refractivity contribution in [2.45, 2.75) is 53.7 Å². The topological polar surface area (TPSA) is 21.3 Å². The zero-order valence-corrected chi connectivity index (χ0v) is 13.9. The molecule has 112 valence electrons. The van der Waals surface area contributed by atoms with Gasteiger partial charge in [0.15, 0.2) is 0 Å².